The summed E-state index contributed by atoms with van der Waals surface area (Å²) in [4.78, 5) is 8.43. The highest BCUT2D eigenvalue weighted by molar-refractivity contribution is 5.93. The van der Waals surface area contributed by atoms with Crippen molar-refractivity contribution < 1.29 is 36.2 Å². The maximum absolute atomic E-state index is 12.7. The minimum Gasteiger partial charge on any atom is -0.494 e. The van der Waals surface area contributed by atoms with E-state index >= 15 is 0 Å². The Morgan fingerprint density at radius 2 is 1.74 bits per heavy atom. The quantitative estimate of drug-likeness (QED) is 0.398. The van der Waals surface area contributed by atoms with Crippen LogP contribution in [0.4, 0.5) is 26.3 Å². The summed E-state index contributed by atoms with van der Waals surface area (Å²) in [6.45, 7) is 0.568. The second kappa shape index (κ2) is 8.22. The highest BCUT2D eigenvalue weighted by atomic mass is 19.4. The van der Waals surface area contributed by atoms with Crippen LogP contribution < -0.4 is 4.74 Å². The third-order valence-electron chi connectivity index (χ3n) is 4.96. The molecular weight excluding hydrogens is 468 g/mol. The maximum atomic E-state index is 12.7. The number of halogens is 6. The van der Waals surface area contributed by atoms with Gasteiger partial charge in [-0.1, -0.05) is 0 Å². The molecule has 4 rings (SSSR count). The molecule has 0 saturated carbocycles. The highest BCUT2D eigenvalue weighted by Gasteiger charge is 2.29. The van der Waals surface area contributed by atoms with Crippen molar-refractivity contribution in [1.29, 1.82) is 0 Å². The number of ether oxygens (including phenoxy) is 1. The zero-order valence-electron chi connectivity index (χ0n) is 17.7. The Labute approximate surface area is 188 Å². The number of rotatable bonds is 5. The van der Waals surface area contributed by atoms with Crippen LogP contribution in [0.5, 0.6) is 11.6 Å². The van der Waals surface area contributed by atoms with Crippen molar-refractivity contribution in [1.82, 2.24) is 24.3 Å². The van der Waals surface area contributed by atoms with E-state index in [9.17, 15) is 31.4 Å². The normalized spacial score (nSPS) is 12.5. The largest absolute Gasteiger partial charge is 0.494 e. The first-order valence-corrected chi connectivity index (χ1v) is 9.78. The van der Waals surface area contributed by atoms with E-state index in [1.807, 2.05) is 0 Å². The highest BCUT2D eigenvalue weighted by Crippen LogP contribution is 2.37. The van der Waals surface area contributed by atoms with E-state index in [1.54, 1.807) is 19.9 Å². The number of aromatic nitrogens is 5. The van der Waals surface area contributed by atoms with Gasteiger partial charge in [-0.25, -0.2) is 4.98 Å². The molecule has 0 amide bonds. The molecule has 1 N–H and O–H groups in total. The summed E-state index contributed by atoms with van der Waals surface area (Å²) in [5.41, 5.74) is 2.34. The molecule has 7 nitrogen and oxygen atoms in total. The third-order valence-corrected chi connectivity index (χ3v) is 4.96. The fourth-order valence-electron chi connectivity index (χ4n) is 3.60. The van der Waals surface area contributed by atoms with Crippen LogP contribution in [0.3, 0.4) is 0 Å². The van der Waals surface area contributed by atoms with Gasteiger partial charge in [-0.05, 0) is 31.5 Å². The number of nitrogens with zero attached hydrogens (tertiary/aromatic N) is 5. The molecule has 0 spiro atoms. The second-order valence-corrected chi connectivity index (χ2v) is 7.62. The molecule has 4 heterocycles. The summed E-state index contributed by atoms with van der Waals surface area (Å²) < 4.78 is 82.2. The molecule has 0 unspecified atom stereocenters. The lowest BCUT2D eigenvalue weighted by molar-refractivity contribution is -0.153. The van der Waals surface area contributed by atoms with Crippen LogP contribution >= 0.6 is 0 Å². The predicted octanol–water partition coefficient (Wildman–Crippen LogP) is 5.11. The van der Waals surface area contributed by atoms with Gasteiger partial charge < -0.3 is 9.84 Å². The summed E-state index contributed by atoms with van der Waals surface area (Å²) >= 11 is 0. The Morgan fingerprint density at radius 3 is 2.41 bits per heavy atom. The fraction of sp³-hybridized carbons (Fsp3) is 0.286. The van der Waals surface area contributed by atoms with Crippen molar-refractivity contribution in [3.63, 3.8) is 0 Å². The van der Waals surface area contributed by atoms with Gasteiger partial charge in [0, 0.05) is 23.7 Å². The molecule has 0 radical (unpaired) electrons. The molecular formula is C21H17F6N5O2. The first kappa shape index (κ1) is 23.4. The van der Waals surface area contributed by atoms with Crippen molar-refractivity contribution in [3.05, 3.63) is 48.2 Å². The smallest absolute Gasteiger partial charge is 0.422 e. The summed E-state index contributed by atoms with van der Waals surface area (Å²) in [5.74, 6) is -0.320. The van der Waals surface area contributed by atoms with Crippen LogP contribution in [0.15, 0.2) is 36.9 Å². The van der Waals surface area contributed by atoms with Gasteiger partial charge in [-0.15, -0.1) is 0 Å². The molecule has 4 aromatic rings. The van der Waals surface area contributed by atoms with Crippen molar-refractivity contribution in [2.24, 2.45) is 0 Å². The van der Waals surface area contributed by atoms with Crippen molar-refractivity contribution in [2.75, 3.05) is 6.61 Å². The van der Waals surface area contributed by atoms with Gasteiger partial charge in [-0.2, -0.15) is 31.4 Å². The first-order valence-electron chi connectivity index (χ1n) is 9.78. The molecule has 34 heavy (non-hydrogen) atoms. The zero-order valence-corrected chi connectivity index (χ0v) is 17.7. The Kier molecular flexibility index (Phi) is 5.66. The van der Waals surface area contributed by atoms with E-state index in [1.165, 1.54) is 23.0 Å². The molecule has 180 valence electrons. The van der Waals surface area contributed by atoms with Crippen molar-refractivity contribution in [3.8, 4) is 28.6 Å². The molecule has 0 bridgehead atoms. The van der Waals surface area contributed by atoms with E-state index in [0.717, 1.165) is 12.4 Å². The standard InChI is InChI=1S/C21H17F6N5O2/c1-11-3-16(13-4-15(7-28-5-13)34-10-21(25,26)27)30-18-12(2)32(19(33)17(11)18)14-6-29-31(8-14)9-20(22,23)24/h3-8,33H,9-10H2,1-2H3. The Balaban J connectivity index is 1.75. The first-order chi connectivity index (χ1) is 15.8. The predicted molar refractivity (Wildman–Crippen MR) is 109 cm³/mol. The van der Waals surface area contributed by atoms with Gasteiger partial charge in [0.1, 0.15) is 12.3 Å². The minimum absolute atomic E-state index is 0.0939. The Hall–Kier alpha value is -3.77. The van der Waals surface area contributed by atoms with Crippen molar-refractivity contribution >= 4 is 10.9 Å². The van der Waals surface area contributed by atoms with Gasteiger partial charge in [0.25, 0.3) is 0 Å². The van der Waals surface area contributed by atoms with E-state index in [-0.39, 0.29) is 17.3 Å². The lowest BCUT2D eigenvalue weighted by atomic mass is 10.1. The van der Waals surface area contributed by atoms with E-state index in [0.29, 0.717) is 38.1 Å². The number of alkyl halides is 6. The van der Waals surface area contributed by atoms with Crippen molar-refractivity contribution in [2.45, 2.75) is 32.7 Å². The van der Waals surface area contributed by atoms with Gasteiger partial charge in [0.2, 0.25) is 5.88 Å². The Morgan fingerprint density at radius 1 is 1.00 bits per heavy atom. The lowest BCUT2D eigenvalue weighted by Gasteiger charge is -2.10. The fourth-order valence-corrected chi connectivity index (χ4v) is 3.60. The molecule has 0 aromatic carbocycles. The average Bonchev–Trinajstić information content (AvgIpc) is 3.27. The lowest BCUT2D eigenvalue weighted by Crippen LogP contribution is -2.19. The van der Waals surface area contributed by atoms with E-state index < -0.39 is 25.5 Å². The van der Waals surface area contributed by atoms with Gasteiger partial charge in [0.05, 0.1) is 34.7 Å². The second-order valence-electron chi connectivity index (χ2n) is 7.62. The molecule has 0 aliphatic carbocycles. The number of aromatic hydroxyl groups is 1. The van der Waals surface area contributed by atoms with Crippen LogP contribution in [-0.2, 0) is 6.54 Å². The number of fused-ring (bicyclic) bond motifs is 1. The number of aryl methyl sites for hydroxylation is 2. The molecule has 0 aliphatic heterocycles. The van der Waals surface area contributed by atoms with E-state index in [4.69, 9.17) is 4.74 Å². The summed E-state index contributed by atoms with van der Waals surface area (Å²) in [7, 11) is 0. The number of hydrogen-bond acceptors (Lipinski definition) is 5. The summed E-state index contributed by atoms with van der Waals surface area (Å²) in [5, 5.41) is 14.9. The zero-order chi connectivity index (χ0) is 24.8. The number of pyridine rings is 2. The molecule has 0 aliphatic rings. The molecule has 0 saturated heterocycles. The molecule has 13 heteroatoms. The molecule has 0 fully saturated rings. The topological polar surface area (TPSA) is 78.0 Å². The molecule has 0 atom stereocenters. The van der Waals surface area contributed by atoms with Crippen LogP contribution in [0.25, 0.3) is 27.8 Å². The SMILES string of the molecule is Cc1cc(-c2cncc(OCC(F)(F)F)c2)nc2c(C)n(-c3cnn(CC(F)(F)F)c3)c(O)c12. The van der Waals surface area contributed by atoms with Crippen LogP contribution in [-0.4, -0.2) is 48.4 Å². The summed E-state index contributed by atoms with van der Waals surface area (Å²) in [6.07, 6.45) is -4.07. The average molecular weight is 485 g/mol. The van der Waals surface area contributed by atoms with E-state index in [2.05, 4.69) is 15.1 Å². The van der Waals surface area contributed by atoms with Gasteiger partial charge >= 0.3 is 12.4 Å². The van der Waals surface area contributed by atoms with Crippen LogP contribution in [0.2, 0.25) is 0 Å². The van der Waals surface area contributed by atoms with Gasteiger partial charge in [0.15, 0.2) is 6.61 Å². The number of hydrogen-bond donors (Lipinski definition) is 1. The third kappa shape index (κ3) is 4.77. The minimum atomic E-state index is -4.50. The monoisotopic (exact) mass is 485 g/mol. The maximum Gasteiger partial charge on any atom is 0.422 e. The Bertz CT molecular complexity index is 1360. The van der Waals surface area contributed by atoms with Crippen LogP contribution in [0, 0.1) is 13.8 Å². The summed E-state index contributed by atoms with van der Waals surface area (Å²) in [6, 6.07) is 2.98. The van der Waals surface area contributed by atoms with Gasteiger partial charge in [-0.3, -0.25) is 14.2 Å². The van der Waals surface area contributed by atoms with Crippen LogP contribution in [0.1, 0.15) is 11.3 Å². The molecule has 4 aromatic heterocycles.